The number of benzene rings is 1. The van der Waals surface area contributed by atoms with E-state index in [0.29, 0.717) is 12.5 Å². The van der Waals surface area contributed by atoms with Gasteiger partial charge in [-0.15, -0.1) is 0 Å². The minimum absolute atomic E-state index is 0.112. The Labute approximate surface area is 126 Å². The lowest BCUT2D eigenvalue weighted by Gasteiger charge is -2.29. The van der Waals surface area contributed by atoms with Crippen molar-refractivity contribution in [2.24, 2.45) is 10.7 Å². The number of nitrogens with two attached hydrogens (primary N) is 1. The van der Waals surface area contributed by atoms with Gasteiger partial charge in [0.05, 0.1) is 6.54 Å². The number of likely N-dealkylation sites (tertiary alicyclic amines) is 1. The molecular formula is C16H24ClN3. The van der Waals surface area contributed by atoms with E-state index in [1.165, 1.54) is 19.3 Å². The van der Waals surface area contributed by atoms with Gasteiger partial charge in [-0.25, -0.2) is 0 Å². The Morgan fingerprint density at radius 1 is 1.25 bits per heavy atom. The molecule has 0 aromatic heterocycles. The highest BCUT2D eigenvalue weighted by molar-refractivity contribution is 6.31. The lowest BCUT2D eigenvalue weighted by molar-refractivity contribution is 0.337. The average molecular weight is 294 g/mol. The highest BCUT2D eigenvalue weighted by Crippen LogP contribution is 2.29. The number of rotatable bonds is 3. The Bertz CT molecular complexity index is 476. The number of piperidine rings is 1. The van der Waals surface area contributed by atoms with Gasteiger partial charge in [-0.05, 0) is 30.9 Å². The fourth-order valence-electron chi connectivity index (χ4n) is 2.60. The van der Waals surface area contributed by atoms with Crippen LogP contribution in [0, 0.1) is 0 Å². The number of aliphatic imine (C=N–C) groups is 1. The van der Waals surface area contributed by atoms with Crippen molar-refractivity contribution in [1.29, 1.82) is 0 Å². The van der Waals surface area contributed by atoms with Crippen LogP contribution in [0.2, 0.25) is 5.02 Å². The standard InChI is InChI=1S/C16H24ClN3/c1-16(2,13-8-4-5-9-14(13)17)12-19-15(18)20-10-6-3-7-11-20/h4-5,8-9H,3,6-7,10-12H2,1-2H3,(H2,18,19). The molecule has 3 nitrogen and oxygen atoms in total. The third-order valence-corrected chi connectivity index (χ3v) is 4.25. The maximum atomic E-state index is 6.28. The number of hydrogen-bond donors (Lipinski definition) is 1. The Morgan fingerprint density at radius 2 is 1.90 bits per heavy atom. The highest BCUT2D eigenvalue weighted by Gasteiger charge is 2.23. The van der Waals surface area contributed by atoms with Crippen molar-refractivity contribution in [1.82, 2.24) is 4.90 Å². The quantitative estimate of drug-likeness (QED) is 0.685. The van der Waals surface area contributed by atoms with Crippen LogP contribution in [0.15, 0.2) is 29.3 Å². The van der Waals surface area contributed by atoms with Crippen LogP contribution in [-0.4, -0.2) is 30.5 Å². The van der Waals surface area contributed by atoms with E-state index in [0.717, 1.165) is 23.7 Å². The molecule has 0 saturated carbocycles. The maximum absolute atomic E-state index is 6.28. The van der Waals surface area contributed by atoms with Crippen molar-refractivity contribution in [2.45, 2.75) is 38.5 Å². The van der Waals surface area contributed by atoms with Gasteiger partial charge in [-0.2, -0.15) is 0 Å². The molecule has 1 heterocycles. The van der Waals surface area contributed by atoms with Crippen LogP contribution in [-0.2, 0) is 5.41 Å². The molecule has 0 aliphatic carbocycles. The van der Waals surface area contributed by atoms with Crippen LogP contribution in [0.25, 0.3) is 0 Å². The van der Waals surface area contributed by atoms with Crippen LogP contribution in [0.4, 0.5) is 0 Å². The van der Waals surface area contributed by atoms with Gasteiger partial charge < -0.3 is 10.6 Å². The van der Waals surface area contributed by atoms with Gasteiger partial charge in [-0.1, -0.05) is 43.6 Å². The predicted octanol–water partition coefficient (Wildman–Crippen LogP) is 3.42. The van der Waals surface area contributed by atoms with Crippen LogP contribution >= 0.6 is 11.6 Å². The molecule has 0 unspecified atom stereocenters. The Balaban J connectivity index is 2.06. The normalized spacial score (nSPS) is 17.4. The van der Waals surface area contributed by atoms with Crippen molar-refractivity contribution in [3.05, 3.63) is 34.9 Å². The summed E-state index contributed by atoms with van der Waals surface area (Å²) in [6.07, 6.45) is 3.73. The molecule has 2 N–H and O–H groups in total. The minimum Gasteiger partial charge on any atom is -0.370 e. The first-order valence-electron chi connectivity index (χ1n) is 7.30. The van der Waals surface area contributed by atoms with Crippen molar-refractivity contribution in [3.63, 3.8) is 0 Å². The molecular weight excluding hydrogens is 270 g/mol. The van der Waals surface area contributed by atoms with Gasteiger partial charge in [0.1, 0.15) is 0 Å². The van der Waals surface area contributed by atoms with E-state index in [4.69, 9.17) is 17.3 Å². The monoisotopic (exact) mass is 293 g/mol. The lowest BCUT2D eigenvalue weighted by Crippen LogP contribution is -2.41. The first-order valence-corrected chi connectivity index (χ1v) is 7.68. The Hall–Kier alpha value is -1.22. The predicted molar refractivity (Wildman–Crippen MR) is 86.4 cm³/mol. The number of guanidine groups is 1. The van der Waals surface area contributed by atoms with Crippen molar-refractivity contribution in [2.75, 3.05) is 19.6 Å². The fraction of sp³-hybridized carbons (Fsp3) is 0.562. The zero-order chi connectivity index (χ0) is 14.6. The third kappa shape index (κ3) is 3.66. The summed E-state index contributed by atoms with van der Waals surface area (Å²) in [5, 5.41) is 0.796. The van der Waals surface area contributed by atoms with Gasteiger partial charge in [0, 0.05) is 23.5 Å². The lowest BCUT2D eigenvalue weighted by atomic mass is 9.85. The SMILES string of the molecule is CC(C)(CN=C(N)N1CCCCC1)c1ccccc1Cl. The summed E-state index contributed by atoms with van der Waals surface area (Å²) in [4.78, 5) is 6.79. The molecule has 1 aromatic rings. The summed E-state index contributed by atoms with van der Waals surface area (Å²) in [5.74, 6) is 0.671. The number of halogens is 1. The van der Waals surface area contributed by atoms with Crippen molar-refractivity contribution >= 4 is 17.6 Å². The van der Waals surface area contributed by atoms with E-state index >= 15 is 0 Å². The zero-order valence-electron chi connectivity index (χ0n) is 12.4. The smallest absolute Gasteiger partial charge is 0.191 e. The van der Waals surface area contributed by atoms with E-state index < -0.39 is 0 Å². The summed E-state index contributed by atoms with van der Waals surface area (Å²) in [7, 11) is 0. The number of nitrogens with zero attached hydrogens (tertiary/aromatic N) is 2. The van der Waals surface area contributed by atoms with E-state index in [-0.39, 0.29) is 5.41 Å². The molecule has 1 saturated heterocycles. The van der Waals surface area contributed by atoms with E-state index in [9.17, 15) is 0 Å². The molecule has 4 heteroatoms. The molecule has 110 valence electrons. The maximum Gasteiger partial charge on any atom is 0.191 e. The second kappa shape index (κ2) is 6.49. The molecule has 1 aliphatic heterocycles. The molecule has 0 spiro atoms. The van der Waals surface area contributed by atoms with Crippen LogP contribution < -0.4 is 5.73 Å². The molecule has 1 fully saturated rings. The largest absolute Gasteiger partial charge is 0.370 e. The Morgan fingerprint density at radius 3 is 2.55 bits per heavy atom. The summed E-state index contributed by atoms with van der Waals surface area (Å²) < 4.78 is 0. The van der Waals surface area contributed by atoms with Gasteiger partial charge in [0.15, 0.2) is 5.96 Å². The fourth-order valence-corrected chi connectivity index (χ4v) is 2.99. The summed E-state index contributed by atoms with van der Waals surface area (Å²) in [6.45, 7) is 7.02. The third-order valence-electron chi connectivity index (χ3n) is 3.92. The van der Waals surface area contributed by atoms with E-state index in [1.807, 2.05) is 18.2 Å². The highest BCUT2D eigenvalue weighted by atomic mass is 35.5. The van der Waals surface area contributed by atoms with Gasteiger partial charge in [0.25, 0.3) is 0 Å². The molecule has 2 rings (SSSR count). The molecule has 0 radical (unpaired) electrons. The second-order valence-electron chi connectivity index (χ2n) is 6.09. The molecule has 0 bridgehead atoms. The average Bonchev–Trinajstić information content (AvgIpc) is 2.46. The molecule has 1 aromatic carbocycles. The van der Waals surface area contributed by atoms with E-state index in [2.05, 4.69) is 29.8 Å². The molecule has 0 amide bonds. The summed E-state index contributed by atoms with van der Waals surface area (Å²) in [5.41, 5.74) is 7.12. The topological polar surface area (TPSA) is 41.6 Å². The van der Waals surface area contributed by atoms with Gasteiger partial charge in [0.2, 0.25) is 0 Å². The second-order valence-corrected chi connectivity index (χ2v) is 6.49. The molecule has 1 aliphatic rings. The van der Waals surface area contributed by atoms with Gasteiger partial charge >= 0.3 is 0 Å². The van der Waals surface area contributed by atoms with Crippen LogP contribution in [0.1, 0.15) is 38.7 Å². The van der Waals surface area contributed by atoms with Crippen LogP contribution in [0.3, 0.4) is 0 Å². The summed E-state index contributed by atoms with van der Waals surface area (Å²) in [6, 6.07) is 7.96. The minimum atomic E-state index is -0.112. The first-order chi connectivity index (χ1) is 9.50. The zero-order valence-corrected chi connectivity index (χ0v) is 13.2. The van der Waals surface area contributed by atoms with E-state index in [1.54, 1.807) is 0 Å². The van der Waals surface area contributed by atoms with Crippen molar-refractivity contribution in [3.8, 4) is 0 Å². The number of hydrogen-bond acceptors (Lipinski definition) is 1. The molecule has 0 atom stereocenters. The van der Waals surface area contributed by atoms with Gasteiger partial charge in [-0.3, -0.25) is 4.99 Å². The Kier molecular flexibility index (Phi) is 4.92. The first kappa shape index (κ1) is 15.2. The summed E-state index contributed by atoms with van der Waals surface area (Å²) >= 11 is 6.28. The van der Waals surface area contributed by atoms with Crippen LogP contribution in [0.5, 0.6) is 0 Å². The molecule has 20 heavy (non-hydrogen) atoms. The van der Waals surface area contributed by atoms with Crippen molar-refractivity contribution < 1.29 is 0 Å².